The molecule has 4 heterocycles. The average Bonchev–Trinajstić information content (AvgIpc) is 3.51. The number of hydrogen-bond acceptors (Lipinski definition) is 9. The highest BCUT2D eigenvalue weighted by Gasteiger charge is 2.32. The summed E-state index contributed by atoms with van der Waals surface area (Å²) in [5, 5.41) is 20.1. The van der Waals surface area contributed by atoms with Crippen molar-refractivity contribution in [2.45, 2.75) is 44.9 Å². The van der Waals surface area contributed by atoms with E-state index in [0.717, 1.165) is 44.1 Å². The summed E-state index contributed by atoms with van der Waals surface area (Å²) in [6.07, 6.45) is 4.50. The van der Waals surface area contributed by atoms with Crippen LogP contribution in [0, 0.1) is 17.1 Å². The molecule has 4 aromatic rings. The van der Waals surface area contributed by atoms with Gasteiger partial charge in [-0.1, -0.05) is 41.4 Å². The van der Waals surface area contributed by atoms with Gasteiger partial charge in [-0.15, -0.1) is 5.53 Å². The lowest BCUT2D eigenvalue weighted by atomic mass is 9.89. The summed E-state index contributed by atoms with van der Waals surface area (Å²) in [5.41, 5.74) is 14.0. The minimum Gasteiger partial charge on any atom is -0.378 e. The first-order valence-electron chi connectivity index (χ1n) is 15.2. The van der Waals surface area contributed by atoms with Gasteiger partial charge in [-0.3, -0.25) is 14.9 Å². The Balaban J connectivity index is 1.30. The summed E-state index contributed by atoms with van der Waals surface area (Å²) in [7, 11) is 0. The molecule has 3 aromatic carbocycles. The van der Waals surface area contributed by atoms with Gasteiger partial charge < -0.3 is 20.8 Å². The lowest BCUT2D eigenvalue weighted by molar-refractivity contribution is -0.0695. The van der Waals surface area contributed by atoms with Gasteiger partial charge in [-0.2, -0.15) is 5.26 Å². The van der Waals surface area contributed by atoms with Gasteiger partial charge in [-0.25, -0.2) is 4.39 Å². The van der Waals surface area contributed by atoms with E-state index >= 15 is 0 Å². The fourth-order valence-corrected chi connectivity index (χ4v) is 6.66. The van der Waals surface area contributed by atoms with E-state index in [1.54, 1.807) is 6.07 Å². The van der Waals surface area contributed by atoms with E-state index in [9.17, 15) is 9.65 Å². The van der Waals surface area contributed by atoms with Gasteiger partial charge in [0.25, 0.3) is 0 Å². The molecular weight excluding hydrogens is 626 g/mol. The third-order valence-electron chi connectivity index (χ3n) is 8.80. The van der Waals surface area contributed by atoms with Gasteiger partial charge in [0.2, 0.25) is 0 Å². The summed E-state index contributed by atoms with van der Waals surface area (Å²) in [4.78, 5) is 7.01. The lowest BCUT2D eigenvalue weighted by Crippen LogP contribution is -2.50. The lowest BCUT2D eigenvalue weighted by Gasteiger charge is -2.40. The average molecular weight is 660 g/mol. The van der Waals surface area contributed by atoms with Crippen LogP contribution in [0.3, 0.4) is 0 Å². The Morgan fingerprint density at radius 3 is 2.65 bits per heavy atom. The fraction of sp³-hybridized carbons (Fsp3) is 0.294. The van der Waals surface area contributed by atoms with E-state index in [2.05, 4.69) is 75.8 Å². The first-order valence-corrected chi connectivity index (χ1v) is 16.0. The van der Waals surface area contributed by atoms with E-state index in [0.29, 0.717) is 38.9 Å². The molecule has 3 aliphatic heterocycles. The Bertz CT molecular complexity index is 1890. The van der Waals surface area contributed by atoms with E-state index < -0.39 is 5.82 Å². The third kappa shape index (κ3) is 5.81. The maximum Gasteiger partial charge on any atom is 0.141 e. The molecule has 3 aliphatic rings. The summed E-state index contributed by atoms with van der Waals surface area (Å²) in [6, 6.07) is 17.3. The number of aromatic nitrogens is 1. The van der Waals surface area contributed by atoms with Crippen LogP contribution in [0.25, 0.3) is 10.9 Å². The van der Waals surface area contributed by atoms with Gasteiger partial charge in [0.15, 0.2) is 0 Å². The number of nitriles is 1. The molecule has 12 heteroatoms. The number of nitrogens with one attached hydrogen (secondary N) is 4. The number of anilines is 3. The van der Waals surface area contributed by atoms with Crippen LogP contribution in [0.4, 0.5) is 21.5 Å². The molecule has 0 unspecified atom stereocenters. The highest BCUT2D eigenvalue weighted by atomic mass is 35.5. The first kappa shape index (κ1) is 30.5. The predicted molar refractivity (Wildman–Crippen MR) is 179 cm³/mol. The second-order valence-electron chi connectivity index (χ2n) is 12.1. The number of ether oxygens (including phenoxy) is 1. The van der Waals surface area contributed by atoms with Gasteiger partial charge in [0.05, 0.1) is 57.8 Å². The molecule has 46 heavy (non-hydrogen) atoms. The van der Waals surface area contributed by atoms with Gasteiger partial charge in [0, 0.05) is 48.3 Å². The van der Waals surface area contributed by atoms with Crippen LogP contribution in [0.5, 0.6) is 0 Å². The van der Waals surface area contributed by atoms with Crippen molar-refractivity contribution in [2.75, 3.05) is 30.4 Å². The Labute approximate surface area is 276 Å². The van der Waals surface area contributed by atoms with Crippen LogP contribution in [0.2, 0.25) is 10.0 Å². The molecule has 1 aromatic heterocycles. The maximum absolute atomic E-state index is 13.9. The number of hydrazine groups is 2. The molecule has 236 valence electrons. The molecule has 0 spiro atoms. The fourth-order valence-electron chi connectivity index (χ4n) is 6.22. The van der Waals surface area contributed by atoms with E-state index in [-0.39, 0.29) is 17.1 Å². The van der Waals surface area contributed by atoms with Crippen molar-refractivity contribution in [2.24, 2.45) is 0 Å². The number of hydrogen-bond donors (Lipinski definition) is 4. The Morgan fingerprint density at radius 1 is 1.11 bits per heavy atom. The van der Waals surface area contributed by atoms with Crippen molar-refractivity contribution < 1.29 is 9.13 Å². The van der Waals surface area contributed by atoms with Crippen molar-refractivity contribution >= 4 is 51.2 Å². The van der Waals surface area contributed by atoms with Crippen LogP contribution in [0.15, 0.2) is 66.6 Å². The number of halogens is 3. The first-order chi connectivity index (χ1) is 22.3. The highest BCUT2D eigenvalue weighted by molar-refractivity contribution is 6.36. The van der Waals surface area contributed by atoms with Crippen molar-refractivity contribution in [3.05, 3.63) is 105 Å². The molecule has 1 saturated heterocycles. The number of benzene rings is 3. The zero-order valence-corrected chi connectivity index (χ0v) is 26.9. The van der Waals surface area contributed by atoms with Crippen LogP contribution < -0.4 is 21.6 Å². The van der Waals surface area contributed by atoms with Crippen LogP contribution in [0.1, 0.15) is 42.1 Å². The molecule has 0 bridgehead atoms. The van der Waals surface area contributed by atoms with Gasteiger partial charge >= 0.3 is 0 Å². The van der Waals surface area contributed by atoms with Crippen molar-refractivity contribution in [3.63, 3.8) is 0 Å². The second kappa shape index (κ2) is 12.6. The van der Waals surface area contributed by atoms with E-state index in [1.807, 2.05) is 17.1 Å². The Kier molecular flexibility index (Phi) is 8.36. The predicted octanol–water partition coefficient (Wildman–Crippen LogP) is 6.78. The number of rotatable bonds is 8. The molecule has 7 rings (SSSR count). The smallest absolute Gasteiger partial charge is 0.141 e. The summed E-state index contributed by atoms with van der Waals surface area (Å²) < 4.78 is 19.4. The standard InChI is InChI=1S/C34H33Cl2FN8O/c1-19(2)45-16-31(42-43-45)34(26-5-3-4-20-15-44(9-8-25(20)26)24-17-46-18-24)41-23-10-27-32(40-22-6-7-30(37)28(35)11-22)21(13-38)14-39-33(27)29(36)12-23/h3-7,10-12,14,16,19,24,34,41-43H,8-9,15,17-18H2,1-2H3,(H,39,40)/t34-/m0/s1. The summed E-state index contributed by atoms with van der Waals surface area (Å²) >= 11 is 12.9. The second-order valence-corrected chi connectivity index (χ2v) is 12.9. The minimum atomic E-state index is -0.527. The highest BCUT2D eigenvalue weighted by Crippen LogP contribution is 2.39. The number of nitrogens with zero attached hydrogens (tertiary/aromatic N) is 4. The van der Waals surface area contributed by atoms with Gasteiger partial charge in [-0.05, 0) is 67.3 Å². The number of fused-ring (bicyclic) bond motifs is 2. The van der Waals surface area contributed by atoms with Gasteiger partial charge in [0.1, 0.15) is 11.9 Å². The van der Waals surface area contributed by atoms with Crippen LogP contribution in [-0.2, 0) is 17.7 Å². The van der Waals surface area contributed by atoms with E-state index in [1.165, 1.54) is 35.0 Å². The third-order valence-corrected chi connectivity index (χ3v) is 9.38. The van der Waals surface area contributed by atoms with Crippen molar-refractivity contribution in [1.82, 2.24) is 25.9 Å². The molecule has 4 N–H and O–H groups in total. The van der Waals surface area contributed by atoms with Crippen LogP contribution in [-0.4, -0.2) is 46.7 Å². The largest absolute Gasteiger partial charge is 0.378 e. The zero-order chi connectivity index (χ0) is 31.9. The minimum absolute atomic E-state index is 0.0261. The maximum atomic E-state index is 13.9. The summed E-state index contributed by atoms with van der Waals surface area (Å²) in [6.45, 7) is 7.68. The number of pyridine rings is 1. The summed E-state index contributed by atoms with van der Waals surface area (Å²) in [5.74, 6) is -0.527. The monoisotopic (exact) mass is 658 g/mol. The Hall–Kier alpha value is -4.11. The van der Waals surface area contributed by atoms with Crippen molar-refractivity contribution in [3.8, 4) is 6.07 Å². The molecule has 0 amide bonds. The molecule has 0 aliphatic carbocycles. The topological polar surface area (TPSA) is 101 Å². The zero-order valence-electron chi connectivity index (χ0n) is 25.4. The van der Waals surface area contributed by atoms with E-state index in [4.69, 9.17) is 27.9 Å². The molecule has 0 saturated carbocycles. The molecular formula is C34H33Cl2FN8O. The molecule has 0 radical (unpaired) electrons. The quantitative estimate of drug-likeness (QED) is 0.163. The molecule has 1 atom stereocenters. The Morgan fingerprint density at radius 2 is 1.93 bits per heavy atom. The molecule has 1 fully saturated rings. The SMILES string of the molecule is CC(C)N1C=C([C@@H](Nc2cc(Cl)c3ncc(C#N)c(Nc4ccc(F)c(Cl)c4)c3c2)c2cccc3c2CCN(C2COC2)C3)NN1. The van der Waals surface area contributed by atoms with Crippen LogP contribution >= 0.6 is 23.2 Å². The normalized spacial score (nSPS) is 17.2. The van der Waals surface area contributed by atoms with Crippen molar-refractivity contribution in [1.29, 1.82) is 5.26 Å². The molecule has 9 nitrogen and oxygen atoms in total.